The minimum absolute atomic E-state index is 0.0106. The van der Waals surface area contributed by atoms with Gasteiger partial charge in [0.1, 0.15) is 5.73 Å². The van der Waals surface area contributed by atoms with Gasteiger partial charge in [-0.05, 0) is 39.1 Å². The molecule has 1 N–H and O–H groups in total. The fourth-order valence-electron chi connectivity index (χ4n) is 2.45. The molecule has 3 rings (SSSR count). The predicted octanol–water partition coefficient (Wildman–Crippen LogP) is 3.05. The molecular formula is C16H19BFN3O4S. The minimum atomic E-state index is -1.19. The summed E-state index contributed by atoms with van der Waals surface area (Å²) < 4.78 is 28.2. The molecule has 0 radical (unpaired) electrons. The smallest absolute Gasteiger partial charge is 0.476 e. The first-order valence-electron chi connectivity index (χ1n) is 8.02. The predicted molar refractivity (Wildman–Crippen MR) is 95.4 cm³/mol. The van der Waals surface area contributed by atoms with Gasteiger partial charge in [-0.3, -0.25) is 0 Å². The zero-order valence-corrected chi connectivity index (χ0v) is 15.7. The van der Waals surface area contributed by atoms with Crippen LogP contribution in [0.1, 0.15) is 43.1 Å². The number of allylic oxidation sites excluding steroid dienone is 1. The number of rotatable bonds is 5. The number of carboxylic acids is 1. The maximum absolute atomic E-state index is 15.3. The molecule has 7 nitrogen and oxygen atoms in total. The van der Waals surface area contributed by atoms with Gasteiger partial charge in [-0.25, -0.2) is 13.9 Å². The second-order valence-electron chi connectivity index (χ2n) is 7.00. The Balaban J connectivity index is 1.96. The fourth-order valence-corrected chi connectivity index (χ4v) is 3.21. The van der Waals surface area contributed by atoms with E-state index < -0.39 is 30.0 Å². The first-order valence-corrected chi connectivity index (χ1v) is 8.90. The molecule has 0 saturated carbocycles. The second kappa shape index (κ2) is 6.60. The van der Waals surface area contributed by atoms with E-state index in [9.17, 15) is 4.79 Å². The van der Waals surface area contributed by atoms with Crippen molar-refractivity contribution in [1.29, 1.82) is 0 Å². The van der Waals surface area contributed by atoms with Gasteiger partial charge in [-0.1, -0.05) is 11.3 Å². The molecule has 0 aliphatic carbocycles. The molecule has 2 aromatic heterocycles. The van der Waals surface area contributed by atoms with Gasteiger partial charge >= 0.3 is 13.1 Å². The normalized spacial score (nSPS) is 19.5. The van der Waals surface area contributed by atoms with Crippen LogP contribution in [0.5, 0.6) is 0 Å². The highest BCUT2D eigenvalue weighted by Gasteiger charge is 2.53. The Bertz CT molecular complexity index is 832. The number of hydrogen-bond acceptors (Lipinski definition) is 6. The van der Waals surface area contributed by atoms with Crippen LogP contribution in [0, 0.1) is 0 Å². The van der Waals surface area contributed by atoms with Crippen LogP contribution in [0.15, 0.2) is 29.4 Å². The van der Waals surface area contributed by atoms with Gasteiger partial charge in [-0.2, -0.15) is 0 Å². The maximum Gasteiger partial charge on any atom is 0.525 e. The molecule has 0 amide bonds. The average Bonchev–Trinajstić information content (AvgIpc) is 3.25. The lowest BCUT2D eigenvalue weighted by molar-refractivity contribution is 0.00578. The van der Waals surface area contributed by atoms with Crippen molar-refractivity contribution in [3.63, 3.8) is 0 Å². The summed E-state index contributed by atoms with van der Waals surface area (Å²) in [6, 6.07) is 3.58. The first-order chi connectivity index (χ1) is 12.1. The third kappa shape index (κ3) is 3.44. The first kappa shape index (κ1) is 18.7. The molecule has 0 spiro atoms. The highest BCUT2D eigenvalue weighted by atomic mass is 32.1. The highest BCUT2D eigenvalue weighted by molar-refractivity contribution is 7.11. The van der Waals surface area contributed by atoms with Crippen molar-refractivity contribution in [1.82, 2.24) is 15.0 Å². The van der Waals surface area contributed by atoms with Gasteiger partial charge in [-0.15, -0.1) is 16.4 Å². The Morgan fingerprint density at radius 1 is 1.35 bits per heavy atom. The van der Waals surface area contributed by atoms with Gasteiger partial charge < -0.3 is 14.4 Å². The number of aromatic nitrogens is 3. The molecule has 0 aromatic carbocycles. The largest absolute Gasteiger partial charge is 0.525 e. The van der Waals surface area contributed by atoms with Crippen molar-refractivity contribution in [2.24, 2.45) is 0 Å². The Hall–Kier alpha value is -2.04. The summed E-state index contributed by atoms with van der Waals surface area (Å²) in [6.07, 6.45) is 1.26. The van der Waals surface area contributed by atoms with Crippen LogP contribution >= 0.6 is 11.3 Å². The molecule has 138 valence electrons. The number of thiophene rings is 1. The van der Waals surface area contributed by atoms with Crippen LogP contribution in [-0.4, -0.2) is 44.4 Å². The van der Waals surface area contributed by atoms with Crippen molar-refractivity contribution in [2.75, 3.05) is 0 Å². The van der Waals surface area contributed by atoms with E-state index in [-0.39, 0.29) is 12.2 Å². The molecule has 1 fully saturated rings. The van der Waals surface area contributed by atoms with E-state index in [1.807, 2.05) is 39.1 Å². The van der Waals surface area contributed by atoms with Crippen LogP contribution in [0.4, 0.5) is 4.39 Å². The number of nitrogens with zero attached hydrogens (tertiary/aromatic N) is 3. The number of carbonyl (C=O) groups is 1. The highest BCUT2D eigenvalue weighted by Crippen LogP contribution is 2.40. The van der Waals surface area contributed by atoms with E-state index in [2.05, 4.69) is 10.3 Å². The van der Waals surface area contributed by atoms with Crippen molar-refractivity contribution >= 4 is 30.0 Å². The van der Waals surface area contributed by atoms with E-state index in [1.165, 1.54) is 22.2 Å². The van der Waals surface area contributed by atoms with Gasteiger partial charge in [0.2, 0.25) is 0 Å². The van der Waals surface area contributed by atoms with Crippen LogP contribution in [-0.2, 0) is 15.9 Å². The Morgan fingerprint density at radius 3 is 2.50 bits per heavy atom. The van der Waals surface area contributed by atoms with Gasteiger partial charge in [0.25, 0.3) is 0 Å². The van der Waals surface area contributed by atoms with E-state index in [0.717, 1.165) is 0 Å². The summed E-state index contributed by atoms with van der Waals surface area (Å²) in [5, 5.41) is 18.1. The lowest BCUT2D eigenvalue weighted by Gasteiger charge is -2.32. The lowest BCUT2D eigenvalue weighted by Crippen LogP contribution is -2.41. The monoisotopic (exact) mass is 379 g/mol. The summed E-state index contributed by atoms with van der Waals surface area (Å²) in [6.45, 7) is 7.41. The third-order valence-electron chi connectivity index (χ3n) is 4.64. The third-order valence-corrected chi connectivity index (χ3v) is 5.57. The molecule has 1 aliphatic heterocycles. The molecular weight excluding hydrogens is 360 g/mol. The molecule has 3 heterocycles. The number of hydrogen-bond donors (Lipinski definition) is 1. The van der Waals surface area contributed by atoms with E-state index in [0.29, 0.717) is 10.5 Å². The zero-order valence-electron chi connectivity index (χ0n) is 14.9. The summed E-state index contributed by atoms with van der Waals surface area (Å²) in [7, 11) is -1.14. The molecule has 10 heteroatoms. The molecule has 1 saturated heterocycles. The Kier molecular flexibility index (Phi) is 4.76. The number of carboxylic acid groups (broad SMARTS) is 1. The van der Waals surface area contributed by atoms with Crippen molar-refractivity contribution in [2.45, 2.75) is 45.4 Å². The van der Waals surface area contributed by atoms with Crippen molar-refractivity contribution < 1.29 is 23.6 Å². The van der Waals surface area contributed by atoms with Gasteiger partial charge in [0, 0.05) is 10.5 Å². The summed E-state index contributed by atoms with van der Waals surface area (Å²) >= 11 is 1.36. The molecule has 26 heavy (non-hydrogen) atoms. The van der Waals surface area contributed by atoms with Crippen LogP contribution < -0.4 is 0 Å². The number of halogens is 1. The number of aromatic carboxylic acids is 1. The van der Waals surface area contributed by atoms with Gasteiger partial charge in [0.15, 0.2) is 5.69 Å². The maximum atomic E-state index is 15.3. The standard InChI is InChI=1S/C16H19BFN3O4S/c1-15(2)16(3,4)25-17(24-15)13(18)10(12-6-5-7-26-12)8-21-9-11(14(22)23)19-20-21/h5-7,9H,8H2,1-4H3,(H,22,23). The van der Waals surface area contributed by atoms with Crippen LogP contribution in [0.3, 0.4) is 0 Å². The topological polar surface area (TPSA) is 86.5 Å². The van der Waals surface area contributed by atoms with Crippen LogP contribution in [0.25, 0.3) is 5.57 Å². The summed E-state index contributed by atoms with van der Waals surface area (Å²) in [5.74, 6) is -1.19. The Labute approximate surface area is 154 Å². The van der Waals surface area contributed by atoms with E-state index >= 15 is 4.39 Å². The molecule has 1 aliphatic rings. The SMILES string of the molecule is CC1(C)OB(C(F)=C(Cn2cc(C(=O)O)nn2)c2cccs2)OC1(C)C. The minimum Gasteiger partial charge on any atom is -0.476 e. The van der Waals surface area contributed by atoms with Gasteiger partial charge in [0.05, 0.1) is 23.9 Å². The molecule has 0 bridgehead atoms. The average molecular weight is 379 g/mol. The quantitative estimate of drug-likeness (QED) is 0.804. The van der Waals surface area contributed by atoms with Crippen LogP contribution in [0.2, 0.25) is 0 Å². The fraction of sp³-hybridized carbons (Fsp3) is 0.438. The molecule has 0 unspecified atom stereocenters. The Morgan fingerprint density at radius 2 is 2.00 bits per heavy atom. The lowest BCUT2D eigenvalue weighted by atomic mass is 9.84. The van der Waals surface area contributed by atoms with E-state index in [1.54, 1.807) is 6.07 Å². The van der Waals surface area contributed by atoms with E-state index in [4.69, 9.17) is 14.4 Å². The second-order valence-corrected chi connectivity index (χ2v) is 7.95. The summed E-state index contributed by atoms with van der Waals surface area (Å²) in [5.41, 5.74) is -1.77. The van der Waals surface area contributed by atoms with Crippen molar-refractivity contribution in [3.05, 3.63) is 40.0 Å². The van der Waals surface area contributed by atoms with Crippen molar-refractivity contribution in [3.8, 4) is 0 Å². The zero-order chi connectivity index (χ0) is 19.1. The molecule has 0 atom stereocenters. The summed E-state index contributed by atoms with van der Waals surface area (Å²) in [4.78, 5) is 11.7. The molecule has 2 aromatic rings.